The van der Waals surface area contributed by atoms with Gasteiger partial charge in [0.05, 0.1) is 6.61 Å². The number of hydrogen-bond acceptors (Lipinski definition) is 3. The Hall–Kier alpha value is -1.12. The maximum absolute atomic E-state index is 12.1. The lowest BCUT2D eigenvalue weighted by atomic mass is 9.81. The van der Waals surface area contributed by atoms with Crippen LogP contribution in [0.2, 0.25) is 0 Å². The van der Waals surface area contributed by atoms with Crippen molar-refractivity contribution in [1.29, 1.82) is 0 Å². The van der Waals surface area contributed by atoms with Crippen molar-refractivity contribution in [2.45, 2.75) is 52.4 Å². The molecule has 0 aromatic carbocycles. The van der Waals surface area contributed by atoms with Gasteiger partial charge in [-0.25, -0.2) is 0 Å². The first-order chi connectivity index (χ1) is 8.17. The van der Waals surface area contributed by atoms with Gasteiger partial charge in [-0.05, 0) is 32.6 Å². The van der Waals surface area contributed by atoms with E-state index in [1.54, 1.807) is 0 Å². The molecule has 0 aromatic rings. The Morgan fingerprint density at radius 1 is 1.53 bits per heavy atom. The van der Waals surface area contributed by atoms with Gasteiger partial charge in [-0.1, -0.05) is 25.5 Å². The summed E-state index contributed by atoms with van der Waals surface area (Å²) < 4.78 is 5.24. The number of Topliss-reactive ketones (excluding diaryl/α,β-unsaturated/α-hetero) is 1. The molecule has 0 spiro atoms. The van der Waals surface area contributed by atoms with Gasteiger partial charge in [0.2, 0.25) is 0 Å². The van der Waals surface area contributed by atoms with Crippen molar-refractivity contribution in [2.75, 3.05) is 6.61 Å². The van der Waals surface area contributed by atoms with Crippen molar-refractivity contribution in [1.82, 2.24) is 0 Å². The van der Waals surface area contributed by atoms with Gasteiger partial charge in [-0.2, -0.15) is 0 Å². The van der Waals surface area contributed by atoms with Crippen LogP contribution in [0, 0.1) is 5.41 Å². The largest absolute Gasteiger partial charge is 0.465 e. The van der Waals surface area contributed by atoms with E-state index in [9.17, 15) is 9.59 Å². The summed E-state index contributed by atoms with van der Waals surface area (Å²) >= 11 is 0. The van der Waals surface area contributed by atoms with Crippen LogP contribution in [0.3, 0.4) is 0 Å². The Balaban J connectivity index is 2.69. The van der Waals surface area contributed by atoms with Crippen LogP contribution < -0.4 is 0 Å². The van der Waals surface area contributed by atoms with Crippen molar-refractivity contribution in [3.8, 4) is 0 Å². The van der Waals surface area contributed by atoms with Crippen LogP contribution in [0.15, 0.2) is 12.2 Å². The number of unbranched alkanes of at least 4 members (excludes halogenated alkanes) is 1. The monoisotopic (exact) mass is 238 g/mol. The van der Waals surface area contributed by atoms with Gasteiger partial charge >= 0.3 is 5.97 Å². The molecule has 1 fully saturated rings. The number of ether oxygens (including phenoxy) is 1. The maximum atomic E-state index is 12.1. The van der Waals surface area contributed by atoms with E-state index in [1.807, 2.05) is 26.0 Å². The Labute approximate surface area is 103 Å². The van der Waals surface area contributed by atoms with Gasteiger partial charge in [0, 0.05) is 6.42 Å². The number of carbonyl (C=O) groups is 2. The minimum Gasteiger partial charge on any atom is -0.465 e. The molecule has 96 valence electrons. The normalized spacial score (nSPS) is 24.5. The third-order valence-electron chi connectivity index (χ3n) is 3.36. The van der Waals surface area contributed by atoms with Gasteiger partial charge < -0.3 is 4.74 Å². The van der Waals surface area contributed by atoms with Crippen molar-refractivity contribution in [2.24, 2.45) is 5.41 Å². The quantitative estimate of drug-likeness (QED) is 0.309. The summed E-state index contributed by atoms with van der Waals surface area (Å²) in [7, 11) is 0. The molecule has 1 atom stereocenters. The fraction of sp³-hybridized carbons (Fsp3) is 0.714. The third kappa shape index (κ3) is 3.18. The molecule has 3 nitrogen and oxygen atoms in total. The zero-order valence-corrected chi connectivity index (χ0v) is 10.8. The van der Waals surface area contributed by atoms with E-state index in [0.29, 0.717) is 25.9 Å². The van der Waals surface area contributed by atoms with Crippen LogP contribution in [-0.2, 0) is 14.3 Å². The van der Waals surface area contributed by atoms with Crippen LogP contribution in [0.4, 0.5) is 0 Å². The van der Waals surface area contributed by atoms with E-state index in [4.69, 9.17) is 4.74 Å². The number of ketones is 1. The highest BCUT2D eigenvalue weighted by Crippen LogP contribution is 2.39. The third-order valence-corrected chi connectivity index (χ3v) is 3.36. The molecule has 1 aliphatic rings. The Bertz CT molecular complexity index is 307. The molecule has 0 heterocycles. The number of allylic oxidation sites excluding steroid dienone is 2. The number of carbonyl (C=O) groups excluding carboxylic acids is 2. The van der Waals surface area contributed by atoms with E-state index in [1.165, 1.54) is 0 Å². The Morgan fingerprint density at radius 3 is 2.82 bits per heavy atom. The zero-order chi connectivity index (χ0) is 12.7. The first-order valence-electron chi connectivity index (χ1n) is 6.49. The van der Waals surface area contributed by atoms with Gasteiger partial charge in [0.15, 0.2) is 5.78 Å². The van der Waals surface area contributed by atoms with Crippen molar-refractivity contribution in [3.05, 3.63) is 12.2 Å². The van der Waals surface area contributed by atoms with E-state index in [0.717, 1.165) is 19.3 Å². The molecular weight excluding hydrogens is 216 g/mol. The highest BCUT2D eigenvalue weighted by atomic mass is 16.5. The number of esters is 1. The van der Waals surface area contributed by atoms with Crippen molar-refractivity contribution < 1.29 is 14.3 Å². The molecule has 0 N–H and O–H groups in total. The van der Waals surface area contributed by atoms with Crippen molar-refractivity contribution >= 4 is 11.8 Å². The van der Waals surface area contributed by atoms with E-state index in [2.05, 4.69) is 0 Å². The lowest BCUT2D eigenvalue weighted by Gasteiger charge is -2.23. The molecule has 0 aliphatic heterocycles. The van der Waals surface area contributed by atoms with Crippen LogP contribution >= 0.6 is 0 Å². The highest BCUT2D eigenvalue weighted by Gasteiger charge is 2.48. The van der Waals surface area contributed by atoms with E-state index in [-0.39, 0.29) is 11.8 Å². The fourth-order valence-electron chi connectivity index (χ4n) is 2.21. The summed E-state index contributed by atoms with van der Waals surface area (Å²) in [6, 6.07) is 0. The molecule has 1 rings (SSSR count). The lowest BCUT2D eigenvalue weighted by Crippen LogP contribution is -2.36. The van der Waals surface area contributed by atoms with Gasteiger partial charge in [0.1, 0.15) is 5.41 Å². The predicted molar refractivity (Wildman–Crippen MR) is 66.6 cm³/mol. The second-order valence-electron chi connectivity index (χ2n) is 4.62. The molecule has 3 heteroatoms. The minimum atomic E-state index is -0.875. The average molecular weight is 238 g/mol. The lowest BCUT2D eigenvalue weighted by molar-refractivity contribution is -0.159. The van der Waals surface area contributed by atoms with E-state index < -0.39 is 5.41 Å². The molecule has 1 saturated carbocycles. The number of hydrogen-bond donors (Lipinski definition) is 0. The fourth-order valence-corrected chi connectivity index (χ4v) is 2.21. The molecule has 17 heavy (non-hydrogen) atoms. The molecule has 0 saturated heterocycles. The highest BCUT2D eigenvalue weighted by molar-refractivity contribution is 6.05. The smallest absolute Gasteiger partial charge is 0.319 e. The van der Waals surface area contributed by atoms with Gasteiger partial charge in [-0.15, -0.1) is 0 Å². The summed E-state index contributed by atoms with van der Waals surface area (Å²) in [6.07, 6.45) is 8.08. The predicted octanol–water partition coefficient (Wildman–Crippen LogP) is 3.04. The number of rotatable bonds is 6. The standard InChI is InChI=1S/C14H22O3/c1-3-5-9-14(10-7-8-12(14)15)13(16)17-11-6-4-2/h3,5H,4,6-11H2,1-2H3. The van der Waals surface area contributed by atoms with Crippen LogP contribution in [0.5, 0.6) is 0 Å². The first kappa shape index (κ1) is 13.9. The Kier molecular flexibility index (Phi) is 5.39. The summed E-state index contributed by atoms with van der Waals surface area (Å²) in [5.74, 6) is -0.261. The molecule has 0 aromatic heterocycles. The topological polar surface area (TPSA) is 43.4 Å². The van der Waals surface area contributed by atoms with Gasteiger partial charge in [-0.3, -0.25) is 9.59 Å². The second kappa shape index (κ2) is 6.58. The van der Waals surface area contributed by atoms with Crippen LogP contribution in [-0.4, -0.2) is 18.4 Å². The zero-order valence-electron chi connectivity index (χ0n) is 10.8. The first-order valence-corrected chi connectivity index (χ1v) is 6.49. The summed E-state index contributed by atoms with van der Waals surface area (Å²) in [4.78, 5) is 24.0. The van der Waals surface area contributed by atoms with Crippen LogP contribution in [0.1, 0.15) is 52.4 Å². The molecule has 1 unspecified atom stereocenters. The summed E-state index contributed by atoms with van der Waals surface area (Å²) in [5, 5.41) is 0. The van der Waals surface area contributed by atoms with Crippen molar-refractivity contribution in [3.63, 3.8) is 0 Å². The average Bonchev–Trinajstić information content (AvgIpc) is 2.69. The molecule has 0 bridgehead atoms. The van der Waals surface area contributed by atoms with Crippen LogP contribution in [0.25, 0.3) is 0 Å². The maximum Gasteiger partial charge on any atom is 0.319 e. The summed E-state index contributed by atoms with van der Waals surface area (Å²) in [5.41, 5.74) is -0.875. The minimum absolute atomic E-state index is 0.0529. The SMILES string of the molecule is CC=CCC1(C(=O)OCCCC)CCCC1=O. The molecular formula is C14H22O3. The molecule has 0 radical (unpaired) electrons. The summed E-state index contributed by atoms with van der Waals surface area (Å²) in [6.45, 7) is 4.37. The van der Waals surface area contributed by atoms with E-state index >= 15 is 0 Å². The Morgan fingerprint density at radius 2 is 2.29 bits per heavy atom. The molecule has 1 aliphatic carbocycles. The molecule has 0 amide bonds. The second-order valence-corrected chi connectivity index (χ2v) is 4.62. The van der Waals surface area contributed by atoms with Gasteiger partial charge in [0.25, 0.3) is 0 Å².